The molecule has 0 aliphatic carbocycles. The summed E-state index contributed by atoms with van der Waals surface area (Å²) < 4.78 is 12.1. The molecule has 0 bridgehead atoms. The summed E-state index contributed by atoms with van der Waals surface area (Å²) in [6.07, 6.45) is 4.59. The molecule has 1 N–H and O–H groups in total. The number of piperidine rings is 1. The van der Waals surface area contributed by atoms with Crippen molar-refractivity contribution in [3.05, 3.63) is 34.1 Å². The Labute approximate surface area is 154 Å². The number of H-pyrrole nitrogens is 1. The van der Waals surface area contributed by atoms with Crippen LogP contribution in [0.5, 0.6) is 0 Å². The molecule has 142 valence electrons. The fourth-order valence-electron chi connectivity index (χ4n) is 3.42. The lowest BCUT2D eigenvalue weighted by Crippen LogP contribution is -2.32. The highest BCUT2D eigenvalue weighted by molar-refractivity contribution is 5.71. The van der Waals surface area contributed by atoms with E-state index in [9.17, 15) is 9.59 Å². The van der Waals surface area contributed by atoms with E-state index in [1.807, 2.05) is 0 Å². The molecule has 27 heavy (non-hydrogen) atoms. The number of carbonyl (C=O) groups is 1. The molecule has 10 heteroatoms. The maximum absolute atomic E-state index is 12.2. The summed E-state index contributed by atoms with van der Waals surface area (Å²) in [7, 11) is 1.61. The molecule has 0 aromatic carbocycles. The van der Waals surface area contributed by atoms with Gasteiger partial charge in [-0.05, 0) is 12.8 Å². The van der Waals surface area contributed by atoms with Gasteiger partial charge in [0.05, 0.1) is 18.5 Å². The van der Waals surface area contributed by atoms with Gasteiger partial charge in [0.2, 0.25) is 6.41 Å². The van der Waals surface area contributed by atoms with Crippen molar-refractivity contribution >= 4 is 12.1 Å². The van der Waals surface area contributed by atoms with Crippen molar-refractivity contribution < 1.29 is 14.1 Å². The van der Waals surface area contributed by atoms with Gasteiger partial charge in [-0.1, -0.05) is 5.16 Å². The number of aromatic amines is 1. The minimum Gasteiger partial charge on any atom is -0.384 e. The van der Waals surface area contributed by atoms with E-state index in [-0.39, 0.29) is 11.5 Å². The normalized spacial score (nSPS) is 15.5. The molecular weight excluding hydrogens is 352 g/mol. The van der Waals surface area contributed by atoms with Crippen molar-refractivity contribution in [3.8, 4) is 11.5 Å². The van der Waals surface area contributed by atoms with Crippen LogP contribution in [-0.2, 0) is 16.0 Å². The smallest absolute Gasteiger partial charge is 0.263 e. The Hall–Kier alpha value is -3.01. The number of rotatable bonds is 6. The molecule has 1 fully saturated rings. The lowest BCUT2D eigenvalue weighted by atomic mass is 9.93. The summed E-state index contributed by atoms with van der Waals surface area (Å²) in [4.78, 5) is 32.1. The number of likely N-dealkylation sites (tertiary alicyclic amines) is 1. The molecule has 3 aromatic heterocycles. The van der Waals surface area contributed by atoms with Crippen LogP contribution in [0.4, 0.5) is 0 Å². The Morgan fingerprint density at radius 2 is 2.22 bits per heavy atom. The zero-order valence-corrected chi connectivity index (χ0v) is 14.9. The van der Waals surface area contributed by atoms with Gasteiger partial charge >= 0.3 is 0 Å². The number of nitrogens with one attached hydrogen (secondary N) is 1. The number of aromatic nitrogens is 5. The standard InChI is InChI=1S/C17H20N6O4/c1-26-7-4-14-19-17(27-21-14)12-9-18-23-13(8-15(25)20-16(12)23)11-2-5-22(10-24)6-3-11/h8-11H,2-7H2,1H3,(H,20,25). The van der Waals surface area contributed by atoms with Crippen molar-refractivity contribution in [2.24, 2.45) is 0 Å². The van der Waals surface area contributed by atoms with Crippen LogP contribution in [0.25, 0.3) is 17.1 Å². The average Bonchev–Trinajstić information content (AvgIpc) is 3.32. The molecule has 0 atom stereocenters. The highest BCUT2D eigenvalue weighted by Gasteiger charge is 2.24. The number of fused-ring (bicyclic) bond motifs is 1. The van der Waals surface area contributed by atoms with Crippen molar-refractivity contribution in [3.63, 3.8) is 0 Å². The first-order chi connectivity index (χ1) is 13.2. The second-order valence-electron chi connectivity index (χ2n) is 6.55. The molecular formula is C17H20N6O4. The minimum atomic E-state index is -0.212. The third-order valence-electron chi connectivity index (χ3n) is 4.86. The predicted molar refractivity (Wildman–Crippen MR) is 94.3 cm³/mol. The minimum absolute atomic E-state index is 0.152. The number of amides is 1. The predicted octanol–water partition coefficient (Wildman–Crippen LogP) is 0.597. The fourth-order valence-corrected chi connectivity index (χ4v) is 3.42. The quantitative estimate of drug-likeness (QED) is 0.629. The van der Waals surface area contributed by atoms with Crippen molar-refractivity contribution in [2.45, 2.75) is 25.2 Å². The zero-order valence-electron chi connectivity index (χ0n) is 14.9. The third-order valence-corrected chi connectivity index (χ3v) is 4.86. The highest BCUT2D eigenvalue weighted by Crippen LogP contribution is 2.29. The van der Waals surface area contributed by atoms with Crippen molar-refractivity contribution in [1.82, 2.24) is 29.6 Å². The molecule has 0 unspecified atom stereocenters. The maximum Gasteiger partial charge on any atom is 0.263 e. The number of nitrogens with zero attached hydrogens (tertiary/aromatic N) is 5. The fraction of sp³-hybridized carbons (Fsp3) is 0.471. The monoisotopic (exact) mass is 372 g/mol. The lowest BCUT2D eigenvalue weighted by molar-refractivity contribution is -0.119. The van der Waals surface area contributed by atoms with Gasteiger partial charge in [-0.2, -0.15) is 10.1 Å². The van der Waals surface area contributed by atoms with Crippen LogP contribution in [-0.4, -0.2) is 62.9 Å². The van der Waals surface area contributed by atoms with E-state index < -0.39 is 0 Å². The van der Waals surface area contributed by atoms with E-state index in [0.29, 0.717) is 49.0 Å². The number of carbonyl (C=O) groups excluding carboxylic acids is 1. The Bertz CT molecular complexity index is 998. The van der Waals surface area contributed by atoms with Gasteiger partial charge in [-0.25, -0.2) is 4.52 Å². The SMILES string of the molecule is COCCc1noc(-c2cnn3c(C4CCN(C=O)CC4)cc(=O)[nH]c23)n1. The number of methoxy groups -OCH3 is 1. The van der Waals surface area contributed by atoms with Gasteiger partial charge in [-0.15, -0.1) is 0 Å². The topological polar surface area (TPSA) is 119 Å². The summed E-state index contributed by atoms with van der Waals surface area (Å²) >= 11 is 0. The first-order valence-electron chi connectivity index (χ1n) is 8.82. The summed E-state index contributed by atoms with van der Waals surface area (Å²) in [5, 5.41) is 8.37. The summed E-state index contributed by atoms with van der Waals surface area (Å²) in [6, 6.07) is 1.57. The van der Waals surface area contributed by atoms with Gasteiger partial charge in [0.25, 0.3) is 11.4 Å². The first-order valence-corrected chi connectivity index (χ1v) is 8.82. The molecule has 1 saturated heterocycles. The van der Waals surface area contributed by atoms with E-state index in [1.165, 1.54) is 0 Å². The van der Waals surface area contributed by atoms with E-state index in [1.54, 1.807) is 28.8 Å². The van der Waals surface area contributed by atoms with Gasteiger partial charge in [0, 0.05) is 38.6 Å². The Morgan fingerprint density at radius 3 is 2.96 bits per heavy atom. The molecule has 10 nitrogen and oxygen atoms in total. The number of ether oxygens (including phenoxy) is 1. The highest BCUT2D eigenvalue weighted by atomic mass is 16.5. The maximum atomic E-state index is 12.2. The second-order valence-corrected chi connectivity index (χ2v) is 6.55. The van der Waals surface area contributed by atoms with Crippen LogP contribution in [0.3, 0.4) is 0 Å². The second kappa shape index (κ2) is 7.31. The largest absolute Gasteiger partial charge is 0.384 e. The van der Waals surface area contributed by atoms with Gasteiger partial charge in [0.15, 0.2) is 5.82 Å². The van der Waals surface area contributed by atoms with E-state index in [4.69, 9.17) is 9.26 Å². The molecule has 4 rings (SSSR count). The van der Waals surface area contributed by atoms with Crippen LogP contribution < -0.4 is 5.56 Å². The Kier molecular flexibility index (Phi) is 4.71. The van der Waals surface area contributed by atoms with Crippen molar-refractivity contribution in [1.29, 1.82) is 0 Å². The number of hydrogen-bond donors (Lipinski definition) is 1. The van der Waals surface area contributed by atoms with Gasteiger partial charge < -0.3 is 19.1 Å². The summed E-state index contributed by atoms with van der Waals surface area (Å²) in [5.41, 5.74) is 1.72. The molecule has 1 amide bonds. The van der Waals surface area contributed by atoms with E-state index in [2.05, 4.69) is 20.2 Å². The van der Waals surface area contributed by atoms with Crippen molar-refractivity contribution in [2.75, 3.05) is 26.8 Å². The van der Waals surface area contributed by atoms with Crippen LogP contribution in [0.15, 0.2) is 21.6 Å². The molecule has 4 heterocycles. The third kappa shape index (κ3) is 3.35. The molecule has 0 spiro atoms. The number of hydrogen-bond acceptors (Lipinski definition) is 7. The molecule has 1 aliphatic heterocycles. The van der Waals surface area contributed by atoms with Crippen LogP contribution >= 0.6 is 0 Å². The molecule has 0 radical (unpaired) electrons. The summed E-state index contributed by atoms with van der Waals surface area (Å²) in [6.45, 7) is 1.83. The zero-order chi connectivity index (χ0) is 18.8. The Morgan fingerprint density at radius 1 is 1.41 bits per heavy atom. The first kappa shape index (κ1) is 17.4. The van der Waals surface area contributed by atoms with Crippen LogP contribution in [0.2, 0.25) is 0 Å². The van der Waals surface area contributed by atoms with Gasteiger partial charge in [-0.3, -0.25) is 9.59 Å². The van der Waals surface area contributed by atoms with E-state index >= 15 is 0 Å². The molecule has 3 aromatic rings. The van der Waals surface area contributed by atoms with Crippen LogP contribution in [0.1, 0.15) is 30.3 Å². The summed E-state index contributed by atoms with van der Waals surface area (Å²) in [5.74, 6) is 0.990. The Balaban J connectivity index is 1.69. The molecule has 1 aliphatic rings. The van der Waals surface area contributed by atoms with Gasteiger partial charge in [0.1, 0.15) is 11.2 Å². The van der Waals surface area contributed by atoms with Crippen LogP contribution in [0, 0.1) is 0 Å². The lowest BCUT2D eigenvalue weighted by Gasteiger charge is -2.29. The van der Waals surface area contributed by atoms with E-state index in [0.717, 1.165) is 24.9 Å². The molecule has 0 saturated carbocycles. The average molecular weight is 372 g/mol.